The number of nitrogens with one attached hydrogen (secondary N) is 1. The van der Waals surface area contributed by atoms with Crippen LogP contribution in [0.1, 0.15) is 36.8 Å². The van der Waals surface area contributed by atoms with E-state index in [9.17, 15) is 18.0 Å². The first-order chi connectivity index (χ1) is 19.9. The summed E-state index contributed by atoms with van der Waals surface area (Å²) in [5.41, 5.74) is 1.44. The molecule has 1 saturated carbocycles. The van der Waals surface area contributed by atoms with Gasteiger partial charge in [0.05, 0.1) is 22.0 Å². The normalized spacial score (nSPS) is 14.4. The summed E-state index contributed by atoms with van der Waals surface area (Å²) in [6, 6.07) is 17.8. The van der Waals surface area contributed by atoms with Gasteiger partial charge in [-0.1, -0.05) is 102 Å². The van der Waals surface area contributed by atoms with Crippen LogP contribution in [0.15, 0.2) is 66.7 Å². The Morgan fingerprint density at radius 1 is 0.929 bits per heavy atom. The molecule has 0 radical (unpaired) electrons. The molecule has 224 valence electrons. The van der Waals surface area contributed by atoms with Crippen LogP contribution in [-0.4, -0.2) is 50.0 Å². The average Bonchev–Trinajstić information content (AvgIpc) is 3.45. The minimum Gasteiger partial charge on any atom is -0.352 e. The fraction of sp³-hybridized carbons (Fsp3) is 0.333. The van der Waals surface area contributed by atoms with Gasteiger partial charge in [-0.25, -0.2) is 8.42 Å². The summed E-state index contributed by atoms with van der Waals surface area (Å²) >= 11 is 25.2. The molecule has 1 aliphatic carbocycles. The number of benzene rings is 3. The summed E-state index contributed by atoms with van der Waals surface area (Å²) in [4.78, 5) is 29.5. The van der Waals surface area contributed by atoms with Crippen LogP contribution in [-0.2, 0) is 32.6 Å². The summed E-state index contributed by atoms with van der Waals surface area (Å²) in [6.45, 7) is -0.683. The average molecular weight is 671 g/mol. The molecule has 4 rings (SSSR count). The Morgan fingerprint density at radius 2 is 1.62 bits per heavy atom. The van der Waals surface area contributed by atoms with Gasteiger partial charge in [0.2, 0.25) is 21.8 Å². The number of hydrogen-bond donors (Lipinski definition) is 1. The van der Waals surface area contributed by atoms with Gasteiger partial charge in [-0.05, 0) is 48.2 Å². The van der Waals surface area contributed by atoms with Crippen molar-refractivity contribution in [3.05, 3.63) is 97.9 Å². The van der Waals surface area contributed by atoms with E-state index in [1.54, 1.807) is 24.3 Å². The third-order valence-corrected chi connectivity index (χ3v) is 9.73. The van der Waals surface area contributed by atoms with E-state index in [4.69, 9.17) is 46.4 Å². The number of rotatable bonds is 11. The lowest BCUT2D eigenvalue weighted by atomic mass is 10.0. The van der Waals surface area contributed by atoms with Crippen molar-refractivity contribution in [2.24, 2.45) is 0 Å². The Morgan fingerprint density at radius 3 is 2.26 bits per heavy atom. The van der Waals surface area contributed by atoms with E-state index in [0.29, 0.717) is 15.6 Å². The largest absolute Gasteiger partial charge is 0.352 e. The maximum atomic E-state index is 14.2. The summed E-state index contributed by atoms with van der Waals surface area (Å²) < 4.78 is 26.8. The van der Waals surface area contributed by atoms with Gasteiger partial charge < -0.3 is 10.2 Å². The van der Waals surface area contributed by atoms with E-state index in [0.717, 1.165) is 41.8 Å². The van der Waals surface area contributed by atoms with Crippen LogP contribution in [0.25, 0.3) is 0 Å². The standard InChI is InChI=1S/C30H31Cl4N3O4S/c1-42(40,41)37(26-13-7-12-24(32)29(26)34)19-28(38)36(18-21-14-15-22(31)17-25(21)33)27(16-20-8-3-2-4-9-20)30(39)35-23-10-5-6-11-23/h2-4,7-9,12-15,17,23,27H,5-6,10-11,16,18-19H2,1H3,(H,35,39)/t27-/m0/s1. The minimum atomic E-state index is -4.00. The monoisotopic (exact) mass is 669 g/mol. The highest BCUT2D eigenvalue weighted by molar-refractivity contribution is 7.92. The molecule has 0 aromatic heterocycles. The lowest BCUT2D eigenvalue weighted by molar-refractivity contribution is -0.140. The molecule has 0 saturated heterocycles. The summed E-state index contributed by atoms with van der Waals surface area (Å²) in [6.07, 6.45) is 4.92. The number of halogens is 4. The minimum absolute atomic E-state index is 0.00429. The molecule has 0 bridgehead atoms. The van der Waals surface area contributed by atoms with Gasteiger partial charge in [0.25, 0.3) is 0 Å². The van der Waals surface area contributed by atoms with E-state index in [2.05, 4.69) is 5.32 Å². The highest BCUT2D eigenvalue weighted by Crippen LogP contribution is 2.34. The van der Waals surface area contributed by atoms with Gasteiger partial charge in [0, 0.05) is 29.1 Å². The first kappa shape index (κ1) is 32.4. The smallest absolute Gasteiger partial charge is 0.244 e. The fourth-order valence-electron chi connectivity index (χ4n) is 5.03. The van der Waals surface area contributed by atoms with E-state index in [-0.39, 0.29) is 40.6 Å². The van der Waals surface area contributed by atoms with Crippen LogP contribution >= 0.6 is 46.4 Å². The molecule has 0 heterocycles. The third kappa shape index (κ3) is 8.32. The van der Waals surface area contributed by atoms with Crippen LogP contribution in [0.3, 0.4) is 0 Å². The van der Waals surface area contributed by atoms with Crippen molar-refractivity contribution < 1.29 is 18.0 Å². The number of sulfonamides is 1. The van der Waals surface area contributed by atoms with Gasteiger partial charge in [0.1, 0.15) is 12.6 Å². The number of carbonyl (C=O) groups is 2. The van der Waals surface area contributed by atoms with Gasteiger partial charge >= 0.3 is 0 Å². The number of hydrogen-bond acceptors (Lipinski definition) is 4. The number of nitrogens with zero attached hydrogens (tertiary/aromatic N) is 2. The number of carbonyl (C=O) groups excluding carboxylic acids is 2. The van der Waals surface area contributed by atoms with Gasteiger partial charge in [-0.2, -0.15) is 0 Å². The second-order valence-corrected chi connectivity index (χ2v) is 13.8. The highest BCUT2D eigenvalue weighted by Gasteiger charge is 2.35. The molecule has 0 unspecified atom stereocenters. The maximum absolute atomic E-state index is 14.2. The molecular weight excluding hydrogens is 640 g/mol. The first-order valence-electron chi connectivity index (χ1n) is 13.4. The van der Waals surface area contributed by atoms with Crippen LogP contribution < -0.4 is 9.62 Å². The van der Waals surface area contributed by atoms with Crippen molar-refractivity contribution in [2.75, 3.05) is 17.1 Å². The molecule has 1 aliphatic rings. The van der Waals surface area contributed by atoms with Gasteiger partial charge in [0.15, 0.2) is 0 Å². The zero-order valence-corrected chi connectivity index (χ0v) is 26.7. The lowest BCUT2D eigenvalue weighted by Gasteiger charge is -2.34. The molecule has 3 aromatic rings. The Hall–Kier alpha value is -2.49. The summed E-state index contributed by atoms with van der Waals surface area (Å²) in [5, 5.41) is 3.98. The second kappa shape index (κ2) is 14.3. The van der Waals surface area contributed by atoms with Crippen molar-refractivity contribution in [1.29, 1.82) is 0 Å². The van der Waals surface area contributed by atoms with E-state index in [1.165, 1.54) is 17.0 Å². The molecule has 1 fully saturated rings. The van der Waals surface area contributed by atoms with Crippen LogP contribution in [0.2, 0.25) is 20.1 Å². The zero-order chi connectivity index (χ0) is 30.4. The molecule has 1 atom stereocenters. The van der Waals surface area contributed by atoms with E-state index in [1.807, 2.05) is 30.3 Å². The van der Waals surface area contributed by atoms with Gasteiger partial charge in [-0.15, -0.1) is 0 Å². The van der Waals surface area contributed by atoms with Crippen LogP contribution in [0.4, 0.5) is 5.69 Å². The lowest BCUT2D eigenvalue weighted by Crippen LogP contribution is -2.54. The van der Waals surface area contributed by atoms with Crippen molar-refractivity contribution in [3.63, 3.8) is 0 Å². The van der Waals surface area contributed by atoms with Gasteiger partial charge in [-0.3, -0.25) is 13.9 Å². The molecule has 42 heavy (non-hydrogen) atoms. The molecular formula is C30H31Cl4N3O4S. The molecule has 1 N–H and O–H groups in total. The Kier molecular flexibility index (Phi) is 11.1. The highest BCUT2D eigenvalue weighted by atomic mass is 35.5. The molecule has 2 amide bonds. The topological polar surface area (TPSA) is 86.8 Å². The van der Waals surface area contributed by atoms with Crippen LogP contribution in [0, 0.1) is 0 Å². The summed E-state index contributed by atoms with van der Waals surface area (Å²) in [5.74, 6) is -0.944. The molecule has 7 nitrogen and oxygen atoms in total. The van der Waals surface area contributed by atoms with Crippen molar-refractivity contribution >= 4 is 73.9 Å². The number of anilines is 1. The molecule has 0 spiro atoms. The first-order valence-corrected chi connectivity index (χ1v) is 16.8. The maximum Gasteiger partial charge on any atom is 0.244 e. The predicted molar refractivity (Wildman–Crippen MR) is 170 cm³/mol. The molecule has 12 heteroatoms. The SMILES string of the molecule is CS(=O)(=O)N(CC(=O)N(Cc1ccc(Cl)cc1Cl)[C@@H](Cc1ccccc1)C(=O)NC1CCCC1)c1cccc(Cl)c1Cl. The fourth-order valence-corrected chi connectivity index (χ4v) is 6.81. The molecule has 0 aliphatic heterocycles. The van der Waals surface area contributed by atoms with Crippen molar-refractivity contribution in [1.82, 2.24) is 10.2 Å². The van der Waals surface area contributed by atoms with E-state index >= 15 is 0 Å². The Labute approximate surface area is 266 Å². The quantitative estimate of drug-likeness (QED) is 0.244. The third-order valence-electron chi connectivity index (χ3n) is 7.21. The predicted octanol–water partition coefficient (Wildman–Crippen LogP) is 6.77. The van der Waals surface area contributed by atoms with Crippen molar-refractivity contribution in [2.45, 2.75) is 50.7 Å². The zero-order valence-electron chi connectivity index (χ0n) is 22.9. The summed E-state index contributed by atoms with van der Waals surface area (Å²) in [7, 11) is -4.00. The Bertz CT molecular complexity index is 1530. The Balaban J connectivity index is 1.77. The van der Waals surface area contributed by atoms with Crippen LogP contribution in [0.5, 0.6) is 0 Å². The molecule has 3 aromatic carbocycles. The second-order valence-electron chi connectivity index (χ2n) is 10.3. The van der Waals surface area contributed by atoms with E-state index < -0.39 is 28.5 Å². The van der Waals surface area contributed by atoms with Crippen molar-refractivity contribution in [3.8, 4) is 0 Å². The number of amides is 2.